The second-order valence-electron chi connectivity index (χ2n) is 4.24. The Morgan fingerprint density at radius 3 is 2.63 bits per heavy atom. The lowest BCUT2D eigenvalue weighted by Gasteiger charge is -2.17. The molecular weight excluding hydrogens is 242 g/mol. The summed E-state index contributed by atoms with van der Waals surface area (Å²) < 4.78 is 0. The zero-order valence-electron chi connectivity index (χ0n) is 10.8. The van der Waals surface area contributed by atoms with Gasteiger partial charge in [0.1, 0.15) is 5.75 Å². The molecule has 0 aliphatic rings. The van der Waals surface area contributed by atoms with Crippen LogP contribution >= 0.6 is 0 Å². The predicted octanol–water partition coefficient (Wildman–Crippen LogP) is 2.11. The van der Waals surface area contributed by atoms with Crippen LogP contribution in [0.2, 0.25) is 0 Å². The molecule has 98 valence electrons. The van der Waals surface area contributed by atoms with E-state index in [1.807, 2.05) is 37.2 Å². The van der Waals surface area contributed by atoms with E-state index in [1.165, 1.54) is 12.3 Å². The summed E-state index contributed by atoms with van der Waals surface area (Å²) in [5, 5.41) is 12.3. The molecule has 0 aliphatic carbocycles. The number of amides is 1. The number of carbonyl (C=O) groups is 1. The van der Waals surface area contributed by atoms with Crippen LogP contribution in [0.25, 0.3) is 0 Å². The third kappa shape index (κ3) is 2.82. The van der Waals surface area contributed by atoms with Gasteiger partial charge in [0.2, 0.25) is 0 Å². The number of para-hydroxylation sites is 2. The van der Waals surface area contributed by atoms with Crippen molar-refractivity contribution in [3.63, 3.8) is 0 Å². The number of aromatic nitrogens is 1. The number of rotatable bonds is 3. The minimum Gasteiger partial charge on any atom is -0.505 e. The zero-order chi connectivity index (χ0) is 13.8. The minimum atomic E-state index is -0.438. The fourth-order valence-corrected chi connectivity index (χ4v) is 1.72. The van der Waals surface area contributed by atoms with Crippen LogP contribution < -0.4 is 10.2 Å². The van der Waals surface area contributed by atoms with E-state index >= 15 is 0 Å². The van der Waals surface area contributed by atoms with Crippen LogP contribution in [0, 0.1) is 0 Å². The molecule has 0 aliphatic heterocycles. The van der Waals surface area contributed by atoms with Crippen LogP contribution in [-0.2, 0) is 0 Å². The van der Waals surface area contributed by atoms with E-state index in [0.717, 1.165) is 5.69 Å². The molecule has 1 aromatic heterocycles. The molecule has 2 N–H and O–H groups in total. The normalized spacial score (nSPS) is 10.0. The Labute approximate surface area is 111 Å². The van der Waals surface area contributed by atoms with E-state index in [0.29, 0.717) is 5.69 Å². The van der Waals surface area contributed by atoms with Crippen LogP contribution in [0.4, 0.5) is 11.4 Å². The van der Waals surface area contributed by atoms with Crippen molar-refractivity contribution in [3.8, 4) is 5.75 Å². The Morgan fingerprint density at radius 1 is 1.21 bits per heavy atom. The summed E-state index contributed by atoms with van der Waals surface area (Å²) in [6.07, 6.45) is 1.46. The van der Waals surface area contributed by atoms with E-state index in [1.54, 1.807) is 12.1 Å². The first-order valence-electron chi connectivity index (χ1n) is 5.81. The molecule has 2 rings (SSSR count). The largest absolute Gasteiger partial charge is 0.505 e. The van der Waals surface area contributed by atoms with Crippen molar-refractivity contribution in [1.82, 2.24) is 4.98 Å². The number of pyridine rings is 1. The standard InChI is InChI=1S/C14H15N3O2/c1-17(2)11-7-4-3-6-10(11)16-14(19)13-12(18)8-5-9-15-13/h3-9,18H,1-2H3,(H,16,19). The van der Waals surface area contributed by atoms with Crippen molar-refractivity contribution in [2.45, 2.75) is 0 Å². The molecule has 0 unspecified atom stereocenters. The lowest BCUT2D eigenvalue weighted by Crippen LogP contribution is -2.17. The van der Waals surface area contributed by atoms with Crippen LogP contribution in [0.3, 0.4) is 0 Å². The van der Waals surface area contributed by atoms with Crippen LogP contribution in [0.15, 0.2) is 42.6 Å². The van der Waals surface area contributed by atoms with Gasteiger partial charge in [-0.2, -0.15) is 0 Å². The summed E-state index contributed by atoms with van der Waals surface area (Å²) in [5.74, 6) is -0.574. The molecule has 1 amide bonds. The van der Waals surface area contributed by atoms with E-state index in [9.17, 15) is 9.90 Å². The van der Waals surface area contributed by atoms with Crippen molar-refractivity contribution in [2.24, 2.45) is 0 Å². The van der Waals surface area contributed by atoms with Gasteiger partial charge in [-0.25, -0.2) is 4.98 Å². The summed E-state index contributed by atoms with van der Waals surface area (Å²) in [4.78, 5) is 17.8. The van der Waals surface area contributed by atoms with E-state index in [2.05, 4.69) is 10.3 Å². The number of aromatic hydroxyl groups is 1. The van der Waals surface area contributed by atoms with Crippen molar-refractivity contribution in [1.29, 1.82) is 0 Å². The maximum Gasteiger partial charge on any atom is 0.278 e. The summed E-state index contributed by atoms with van der Waals surface area (Å²) in [5.41, 5.74) is 1.56. The summed E-state index contributed by atoms with van der Waals surface area (Å²) in [7, 11) is 3.78. The average molecular weight is 257 g/mol. The first-order valence-corrected chi connectivity index (χ1v) is 5.81. The Bertz CT molecular complexity index is 597. The zero-order valence-corrected chi connectivity index (χ0v) is 10.8. The highest BCUT2D eigenvalue weighted by atomic mass is 16.3. The third-order valence-corrected chi connectivity index (χ3v) is 2.64. The lowest BCUT2D eigenvalue weighted by atomic mass is 10.2. The molecule has 0 saturated carbocycles. The molecule has 0 saturated heterocycles. The molecule has 5 heteroatoms. The van der Waals surface area contributed by atoms with Crippen LogP contribution in [-0.4, -0.2) is 30.1 Å². The van der Waals surface area contributed by atoms with Gasteiger partial charge in [0.05, 0.1) is 11.4 Å². The first kappa shape index (κ1) is 12.9. The second kappa shape index (κ2) is 5.39. The van der Waals surface area contributed by atoms with Crippen molar-refractivity contribution in [2.75, 3.05) is 24.3 Å². The first-order chi connectivity index (χ1) is 9.09. The van der Waals surface area contributed by atoms with E-state index < -0.39 is 5.91 Å². The molecule has 0 atom stereocenters. The SMILES string of the molecule is CN(C)c1ccccc1NC(=O)c1ncccc1O. The highest BCUT2D eigenvalue weighted by Gasteiger charge is 2.14. The van der Waals surface area contributed by atoms with Crippen molar-refractivity contribution < 1.29 is 9.90 Å². The van der Waals surface area contributed by atoms with Gasteiger partial charge < -0.3 is 15.3 Å². The topological polar surface area (TPSA) is 65.5 Å². The number of hydrogen-bond donors (Lipinski definition) is 2. The molecule has 0 bridgehead atoms. The number of nitrogens with one attached hydrogen (secondary N) is 1. The Morgan fingerprint density at radius 2 is 1.95 bits per heavy atom. The van der Waals surface area contributed by atoms with Crippen LogP contribution in [0.1, 0.15) is 10.5 Å². The highest BCUT2D eigenvalue weighted by molar-refractivity contribution is 6.06. The van der Waals surface area contributed by atoms with Gasteiger partial charge >= 0.3 is 0 Å². The summed E-state index contributed by atoms with van der Waals surface area (Å²) >= 11 is 0. The van der Waals surface area contributed by atoms with Gasteiger partial charge in [-0.1, -0.05) is 12.1 Å². The van der Waals surface area contributed by atoms with Gasteiger partial charge in [-0.15, -0.1) is 0 Å². The third-order valence-electron chi connectivity index (χ3n) is 2.64. The number of nitrogens with zero attached hydrogens (tertiary/aromatic N) is 2. The van der Waals surface area contributed by atoms with Crippen molar-refractivity contribution in [3.05, 3.63) is 48.3 Å². The molecule has 0 radical (unpaired) electrons. The summed E-state index contributed by atoms with van der Waals surface area (Å²) in [6.45, 7) is 0. The Hall–Kier alpha value is -2.56. The molecular formula is C14H15N3O2. The van der Waals surface area contributed by atoms with Gasteiger partial charge in [-0.05, 0) is 24.3 Å². The molecule has 5 nitrogen and oxygen atoms in total. The highest BCUT2D eigenvalue weighted by Crippen LogP contribution is 2.24. The fourth-order valence-electron chi connectivity index (χ4n) is 1.72. The minimum absolute atomic E-state index is 0.0102. The lowest BCUT2D eigenvalue weighted by molar-refractivity contribution is 0.101. The number of anilines is 2. The second-order valence-corrected chi connectivity index (χ2v) is 4.24. The van der Waals surface area contributed by atoms with Gasteiger partial charge in [0.15, 0.2) is 5.69 Å². The van der Waals surface area contributed by atoms with Gasteiger partial charge in [-0.3, -0.25) is 4.79 Å². The Kier molecular flexibility index (Phi) is 3.66. The molecule has 1 aromatic carbocycles. The molecule has 1 heterocycles. The quantitative estimate of drug-likeness (QED) is 0.883. The number of hydrogen-bond acceptors (Lipinski definition) is 4. The van der Waals surface area contributed by atoms with Gasteiger partial charge in [0, 0.05) is 20.3 Å². The molecule has 0 fully saturated rings. The monoisotopic (exact) mass is 257 g/mol. The smallest absolute Gasteiger partial charge is 0.278 e. The molecule has 0 spiro atoms. The number of benzene rings is 1. The summed E-state index contributed by atoms with van der Waals surface area (Å²) in [6, 6.07) is 10.4. The molecule has 19 heavy (non-hydrogen) atoms. The maximum atomic E-state index is 12.1. The Balaban J connectivity index is 2.27. The molecule has 2 aromatic rings. The number of carbonyl (C=O) groups excluding carboxylic acids is 1. The maximum absolute atomic E-state index is 12.1. The predicted molar refractivity (Wildman–Crippen MR) is 74.6 cm³/mol. The van der Waals surface area contributed by atoms with E-state index in [4.69, 9.17) is 0 Å². The van der Waals surface area contributed by atoms with Gasteiger partial charge in [0.25, 0.3) is 5.91 Å². The fraction of sp³-hybridized carbons (Fsp3) is 0.143. The van der Waals surface area contributed by atoms with Crippen LogP contribution in [0.5, 0.6) is 5.75 Å². The van der Waals surface area contributed by atoms with Crippen molar-refractivity contribution >= 4 is 17.3 Å². The van der Waals surface area contributed by atoms with E-state index in [-0.39, 0.29) is 11.4 Å². The average Bonchev–Trinajstić information content (AvgIpc) is 2.39.